The van der Waals surface area contributed by atoms with Gasteiger partial charge < -0.3 is 10.0 Å². The fourth-order valence-corrected chi connectivity index (χ4v) is 2.21. The molecule has 1 saturated heterocycles. The molecule has 1 aromatic rings. The number of carboxylic acid groups (broad SMARTS) is 1. The molecule has 102 valence electrons. The summed E-state index contributed by atoms with van der Waals surface area (Å²) in [6, 6.07) is 7.30. The third kappa shape index (κ3) is 3.12. The third-order valence-electron chi connectivity index (χ3n) is 3.44. The SMILES string of the molecule is Cc1ccc(CN2CC(C(=O)O)N(C)CC2=O)cc1. The summed E-state index contributed by atoms with van der Waals surface area (Å²) in [6.07, 6.45) is 0. The predicted molar refractivity (Wildman–Crippen MR) is 70.6 cm³/mol. The summed E-state index contributed by atoms with van der Waals surface area (Å²) in [6.45, 7) is 2.86. The van der Waals surface area contributed by atoms with E-state index < -0.39 is 12.0 Å². The molecule has 1 N–H and O–H groups in total. The highest BCUT2D eigenvalue weighted by molar-refractivity contribution is 5.83. The predicted octanol–water partition coefficient (Wildman–Crippen LogP) is 0.722. The summed E-state index contributed by atoms with van der Waals surface area (Å²) in [5.74, 6) is -0.913. The van der Waals surface area contributed by atoms with E-state index >= 15 is 0 Å². The van der Waals surface area contributed by atoms with Crippen LogP contribution in [0.5, 0.6) is 0 Å². The monoisotopic (exact) mass is 262 g/mol. The molecule has 0 spiro atoms. The van der Waals surface area contributed by atoms with Gasteiger partial charge in [0.05, 0.1) is 6.54 Å². The van der Waals surface area contributed by atoms with Crippen molar-refractivity contribution >= 4 is 11.9 Å². The Hall–Kier alpha value is -1.88. The highest BCUT2D eigenvalue weighted by Crippen LogP contribution is 2.13. The van der Waals surface area contributed by atoms with Gasteiger partial charge in [-0.05, 0) is 19.5 Å². The lowest BCUT2D eigenvalue weighted by Crippen LogP contribution is -2.57. The number of rotatable bonds is 3. The van der Waals surface area contributed by atoms with Crippen LogP contribution in [0.15, 0.2) is 24.3 Å². The number of aliphatic carboxylic acids is 1. The van der Waals surface area contributed by atoms with Gasteiger partial charge in [0.25, 0.3) is 0 Å². The van der Waals surface area contributed by atoms with Crippen molar-refractivity contribution in [2.75, 3.05) is 20.1 Å². The first-order chi connectivity index (χ1) is 8.97. The molecule has 1 fully saturated rings. The van der Waals surface area contributed by atoms with E-state index in [1.807, 2.05) is 31.2 Å². The summed E-state index contributed by atoms with van der Waals surface area (Å²) in [4.78, 5) is 26.3. The molecule has 1 heterocycles. The van der Waals surface area contributed by atoms with Gasteiger partial charge in [-0.2, -0.15) is 0 Å². The van der Waals surface area contributed by atoms with Gasteiger partial charge >= 0.3 is 5.97 Å². The quantitative estimate of drug-likeness (QED) is 0.872. The Balaban J connectivity index is 2.08. The summed E-state index contributed by atoms with van der Waals surface area (Å²) in [7, 11) is 1.67. The van der Waals surface area contributed by atoms with Crippen LogP contribution in [-0.2, 0) is 16.1 Å². The third-order valence-corrected chi connectivity index (χ3v) is 3.44. The zero-order valence-electron chi connectivity index (χ0n) is 11.2. The molecule has 0 bridgehead atoms. The topological polar surface area (TPSA) is 60.9 Å². The van der Waals surface area contributed by atoms with Crippen LogP contribution < -0.4 is 0 Å². The van der Waals surface area contributed by atoms with Crippen molar-refractivity contribution in [3.8, 4) is 0 Å². The highest BCUT2D eigenvalue weighted by atomic mass is 16.4. The molecule has 1 aliphatic rings. The van der Waals surface area contributed by atoms with E-state index in [0.29, 0.717) is 6.54 Å². The average Bonchev–Trinajstić information content (AvgIpc) is 2.34. The molecule has 1 unspecified atom stereocenters. The molecule has 0 aromatic heterocycles. The van der Waals surface area contributed by atoms with E-state index in [2.05, 4.69) is 0 Å². The maximum absolute atomic E-state index is 11.9. The van der Waals surface area contributed by atoms with Crippen LogP contribution in [0.1, 0.15) is 11.1 Å². The fraction of sp³-hybridized carbons (Fsp3) is 0.429. The molecule has 1 aromatic carbocycles. The van der Waals surface area contributed by atoms with Gasteiger partial charge in [-0.1, -0.05) is 29.8 Å². The number of likely N-dealkylation sites (N-methyl/N-ethyl adjacent to an activating group) is 1. The lowest BCUT2D eigenvalue weighted by atomic mass is 10.1. The Morgan fingerprint density at radius 3 is 2.58 bits per heavy atom. The number of benzene rings is 1. The molecule has 19 heavy (non-hydrogen) atoms. The first kappa shape index (κ1) is 13.5. The van der Waals surface area contributed by atoms with E-state index in [-0.39, 0.29) is 19.0 Å². The van der Waals surface area contributed by atoms with Crippen molar-refractivity contribution in [2.45, 2.75) is 19.5 Å². The molecule has 1 atom stereocenters. The van der Waals surface area contributed by atoms with Crippen molar-refractivity contribution in [3.05, 3.63) is 35.4 Å². The Kier molecular flexibility index (Phi) is 3.85. The normalized spacial score (nSPS) is 20.6. The summed E-state index contributed by atoms with van der Waals surface area (Å²) < 4.78 is 0. The van der Waals surface area contributed by atoms with Gasteiger partial charge in [-0.25, -0.2) is 0 Å². The van der Waals surface area contributed by atoms with Crippen molar-refractivity contribution in [3.63, 3.8) is 0 Å². The van der Waals surface area contributed by atoms with Gasteiger partial charge in [-0.15, -0.1) is 0 Å². The van der Waals surface area contributed by atoms with Crippen LogP contribution in [0, 0.1) is 6.92 Å². The van der Waals surface area contributed by atoms with Crippen molar-refractivity contribution in [2.24, 2.45) is 0 Å². The van der Waals surface area contributed by atoms with E-state index in [0.717, 1.165) is 11.1 Å². The lowest BCUT2D eigenvalue weighted by molar-refractivity contribution is -0.151. The summed E-state index contributed by atoms with van der Waals surface area (Å²) in [5, 5.41) is 9.14. The Morgan fingerprint density at radius 2 is 2.00 bits per heavy atom. The number of carbonyl (C=O) groups excluding carboxylic acids is 1. The molecular weight excluding hydrogens is 244 g/mol. The number of amides is 1. The molecule has 1 amide bonds. The van der Waals surface area contributed by atoms with Gasteiger partial charge in [0.2, 0.25) is 5.91 Å². The first-order valence-electron chi connectivity index (χ1n) is 6.23. The molecule has 1 aliphatic heterocycles. The van der Waals surface area contributed by atoms with Gasteiger partial charge in [0.15, 0.2) is 0 Å². The maximum atomic E-state index is 11.9. The largest absolute Gasteiger partial charge is 0.480 e. The number of hydrogen-bond donors (Lipinski definition) is 1. The Morgan fingerprint density at radius 1 is 1.37 bits per heavy atom. The van der Waals surface area contributed by atoms with Gasteiger partial charge in [0.1, 0.15) is 6.04 Å². The number of carboxylic acids is 1. The molecule has 5 nitrogen and oxygen atoms in total. The second-order valence-corrected chi connectivity index (χ2v) is 5.03. The zero-order valence-corrected chi connectivity index (χ0v) is 11.2. The first-order valence-corrected chi connectivity index (χ1v) is 6.23. The van der Waals surface area contributed by atoms with E-state index in [1.54, 1.807) is 16.8 Å². The minimum absolute atomic E-state index is 0.0272. The molecule has 2 rings (SSSR count). The van der Waals surface area contributed by atoms with Crippen molar-refractivity contribution in [1.82, 2.24) is 9.80 Å². The summed E-state index contributed by atoms with van der Waals surface area (Å²) in [5.41, 5.74) is 2.18. The van der Waals surface area contributed by atoms with Crippen molar-refractivity contribution in [1.29, 1.82) is 0 Å². The molecular formula is C14H18N2O3. The standard InChI is InChI=1S/C14H18N2O3/c1-10-3-5-11(6-4-10)7-16-8-12(14(18)19)15(2)9-13(16)17/h3-6,12H,7-9H2,1-2H3,(H,18,19). The van der Waals surface area contributed by atoms with Crippen LogP contribution in [0.25, 0.3) is 0 Å². The Labute approximate surface area is 112 Å². The zero-order chi connectivity index (χ0) is 14.0. The number of hydrogen-bond acceptors (Lipinski definition) is 3. The molecule has 0 radical (unpaired) electrons. The van der Waals surface area contributed by atoms with Crippen LogP contribution in [0.3, 0.4) is 0 Å². The second kappa shape index (κ2) is 5.40. The summed E-state index contributed by atoms with van der Waals surface area (Å²) >= 11 is 0. The lowest BCUT2D eigenvalue weighted by Gasteiger charge is -2.36. The minimum atomic E-state index is -0.885. The highest BCUT2D eigenvalue weighted by Gasteiger charge is 2.33. The van der Waals surface area contributed by atoms with Crippen LogP contribution in [0.4, 0.5) is 0 Å². The van der Waals surface area contributed by atoms with Gasteiger partial charge in [-0.3, -0.25) is 14.5 Å². The number of carbonyl (C=O) groups is 2. The van der Waals surface area contributed by atoms with E-state index in [9.17, 15) is 9.59 Å². The number of aryl methyl sites for hydroxylation is 1. The van der Waals surface area contributed by atoms with E-state index in [4.69, 9.17) is 5.11 Å². The fourth-order valence-electron chi connectivity index (χ4n) is 2.21. The molecule has 0 aliphatic carbocycles. The second-order valence-electron chi connectivity index (χ2n) is 5.03. The average molecular weight is 262 g/mol. The van der Waals surface area contributed by atoms with Crippen molar-refractivity contribution < 1.29 is 14.7 Å². The molecule has 0 saturated carbocycles. The number of piperazine rings is 1. The smallest absolute Gasteiger partial charge is 0.322 e. The maximum Gasteiger partial charge on any atom is 0.322 e. The van der Waals surface area contributed by atoms with Crippen LogP contribution in [-0.4, -0.2) is 53.0 Å². The van der Waals surface area contributed by atoms with Crippen LogP contribution in [0.2, 0.25) is 0 Å². The van der Waals surface area contributed by atoms with Crippen LogP contribution >= 0.6 is 0 Å². The minimum Gasteiger partial charge on any atom is -0.480 e. The number of nitrogens with zero attached hydrogens (tertiary/aromatic N) is 2. The van der Waals surface area contributed by atoms with E-state index in [1.165, 1.54) is 0 Å². The van der Waals surface area contributed by atoms with Gasteiger partial charge in [0, 0.05) is 13.1 Å². The molecule has 5 heteroatoms. The Bertz CT molecular complexity index is 484.